The molecule has 0 aliphatic carbocycles. The van der Waals surface area contributed by atoms with E-state index in [1.807, 2.05) is 0 Å². The fraction of sp³-hybridized carbons (Fsp3) is 0.750. The number of hydrogen-bond donors (Lipinski definition) is 1. The topological polar surface area (TPSA) is 75.7 Å². The van der Waals surface area contributed by atoms with Crippen molar-refractivity contribution >= 4 is 17.8 Å². The molecule has 102 valence electrons. The molecule has 1 rings (SSSR count). The molecular weight excluding hydrogens is 236 g/mol. The molecule has 1 saturated heterocycles. The number of likely N-dealkylation sites (tertiary alicyclic amines) is 1. The third-order valence-corrected chi connectivity index (χ3v) is 2.79. The maximum Gasteiger partial charge on any atom is 0.322 e. The van der Waals surface area contributed by atoms with Gasteiger partial charge in [-0.05, 0) is 27.7 Å². The summed E-state index contributed by atoms with van der Waals surface area (Å²) in [4.78, 5) is 36.3. The van der Waals surface area contributed by atoms with Crippen LogP contribution in [0.15, 0.2) is 0 Å². The van der Waals surface area contributed by atoms with Crippen molar-refractivity contribution in [2.75, 3.05) is 6.61 Å². The second-order valence-electron chi connectivity index (χ2n) is 4.59. The number of carbonyl (C=O) groups is 3. The summed E-state index contributed by atoms with van der Waals surface area (Å²) in [6.45, 7) is 7.20. The highest BCUT2D eigenvalue weighted by Crippen LogP contribution is 2.16. The zero-order valence-electron chi connectivity index (χ0n) is 11.2. The molecule has 1 N–H and O–H groups in total. The summed E-state index contributed by atoms with van der Waals surface area (Å²) in [7, 11) is 0. The van der Waals surface area contributed by atoms with Crippen molar-refractivity contribution in [2.24, 2.45) is 0 Å². The summed E-state index contributed by atoms with van der Waals surface area (Å²) in [5.74, 6) is -0.893. The quantitative estimate of drug-likeness (QED) is 0.556. The molecule has 2 unspecified atom stereocenters. The van der Waals surface area contributed by atoms with E-state index in [0.717, 1.165) is 0 Å². The first-order chi connectivity index (χ1) is 8.38. The van der Waals surface area contributed by atoms with Gasteiger partial charge in [-0.2, -0.15) is 0 Å². The average molecular weight is 256 g/mol. The fourth-order valence-electron chi connectivity index (χ4n) is 1.96. The molecule has 0 bridgehead atoms. The monoisotopic (exact) mass is 256 g/mol. The zero-order valence-corrected chi connectivity index (χ0v) is 11.2. The highest BCUT2D eigenvalue weighted by molar-refractivity contribution is 6.06. The van der Waals surface area contributed by atoms with Gasteiger partial charge < -0.3 is 4.74 Å². The minimum absolute atomic E-state index is 0.0980. The lowest BCUT2D eigenvalue weighted by atomic mass is 10.2. The Morgan fingerprint density at radius 3 is 2.50 bits per heavy atom. The smallest absolute Gasteiger partial charge is 0.322 e. The molecule has 2 amide bonds. The number of hydrogen-bond acceptors (Lipinski definition) is 5. The molecule has 6 nitrogen and oxygen atoms in total. The number of ether oxygens (including phenoxy) is 1. The van der Waals surface area contributed by atoms with Crippen molar-refractivity contribution in [2.45, 2.75) is 52.2 Å². The van der Waals surface area contributed by atoms with Gasteiger partial charge in [0, 0.05) is 6.04 Å². The van der Waals surface area contributed by atoms with E-state index in [4.69, 9.17) is 4.74 Å². The number of nitrogens with one attached hydrogen (secondary N) is 1. The van der Waals surface area contributed by atoms with Gasteiger partial charge in [0.2, 0.25) is 11.8 Å². The molecule has 0 aromatic carbocycles. The van der Waals surface area contributed by atoms with Gasteiger partial charge in [0.05, 0.1) is 19.1 Å². The van der Waals surface area contributed by atoms with Crippen LogP contribution in [0.4, 0.5) is 0 Å². The van der Waals surface area contributed by atoms with E-state index in [1.165, 1.54) is 4.90 Å². The molecule has 2 atom stereocenters. The Morgan fingerprint density at radius 1 is 1.44 bits per heavy atom. The van der Waals surface area contributed by atoms with Crippen LogP contribution in [0.25, 0.3) is 0 Å². The summed E-state index contributed by atoms with van der Waals surface area (Å²) in [6, 6.07) is -1.38. The van der Waals surface area contributed by atoms with E-state index < -0.39 is 18.1 Å². The molecule has 1 aliphatic rings. The molecule has 0 aromatic heterocycles. The van der Waals surface area contributed by atoms with Crippen molar-refractivity contribution in [3.05, 3.63) is 0 Å². The molecule has 6 heteroatoms. The summed E-state index contributed by atoms with van der Waals surface area (Å²) in [6.07, 6.45) is 0.0980. The number of amides is 2. The lowest BCUT2D eigenvalue weighted by Gasteiger charge is -2.20. The normalized spacial score (nSPS) is 21.6. The van der Waals surface area contributed by atoms with E-state index >= 15 is 0 Å². The van der Waals surface area contributed by atoms with Gasteiger partial charge in [-0.25, -0.2) is 0 Å². The molecule has 0 saturated carbocycles. The molecule has 1 aliphatic heterocycles. The minimum atomic E-state index is -0.626. The van der Waals surface area contributed by atoms with Gasteiger partial charge in [-0.15, -0.1) is 0 Å². The summed E-state index contributed by atoms with van der Waals surface area (Å²) >= 11 is 0. The van der Waals surface area contributed by atoms with Crippen LogP contribution in [0.1, 0.15) is 34.1 Å². The average Bonchev–Trinajstić information content (AvgIpc) is 2.54. The summed E-state index contributed by atoms with van der Waals surface area (Å²) in [5.41, 5.74) is 0. The molecule has 1 fully saturated rings. The Balaban J connectivity index is 2.62. The van der Waals surface area contributed by atoms with Crippen LogP contribution < -0.4 is 5.32 Å². The van der Waals surface area contributed by atoms with Crippen LogP contribution in [0, 0.1) is 0 Å². The molecule has 0 spiro atoms. The lowest BCUT2D eigenvalue weighted by molar-refractivity contribution is -0.145. The molecular formula is C12H20N2O4. The maximum atomic E-state index is 12.0. The van der Waals surface area contributed by atoms with Gasteiger partial charge >= 0.3 is 5.97 Å². The van der Waals surface area contributed by atoms with E-state index in [9.17, 15) is 14.4 Å². The van der Waals surface area contributed by atoms with Gasteiger partial charge in [0.25, 0.3) is 0 Å². The molecule has 0 aromatic rings. The number of carbonyl (C=O) groups excluding carboxylic acids is 3. The number of imide groups is 1. The van der Waals surface area contributed by atoms with Crippen molar-refractivity contribution in [3.63, 3.8) is 0 Å². The molecule has 18 heavy (non-hydrogen) atoms. The second kappa shape index (κ2) is 5.95. The SMILES string of the molecule is CCOC(=O)C(C)NC1CC(=O)N(C(C)C)C1=O. The molecule has 1 heterocycles. The molecule has 0 radical (unpaired) electrons. The van der Waals surface area contributed by atoms with E-state index in [2.05, 4.69) is 5.32 Å². The van der Waals surface area contributed by atoms with Crippen LogP contribution in [-0.2, 0) is 19.1 Å². The van der Waals surface area contributed by atoms with Crippen molar-refractivity contribution in [1.29, 1.82) is 0 Å². The second-order valence-corrected chi connectivity index (χ2v) is 4.59. The van der Waals surface area contributed by atoms with Crippen molar-refractivity contribution < 1.29 is 19.1 Å². The van der Waals surface area contributed by atoms with Gasteiger partial charge in [-0.1, -0.05) is 0 Å². The fourth-order valence-corrected chi connectivity index (χ4v) is 1.96. The number of rotatable bonds is 5. The van der Waals surface area contributed by atoms with Crippen LogP contribution in [0.3, 0.4) is 0 Å². The summed E-state index contributed by atoms with van der Waals surface area (Å²) in [5, 5.41) is 2.84. The summed E-state index contributed by atoms with van der Waals surface area (Å²) < 4.78 is 4.84. The van der Waals surface area contributed by atoms with Crippen LogP contribution >= 0.6 is 0 Å². The lowest BCUT2D eigenvalue weighted by Crippen LogP contribution is -2.47. The van der Waals surface area contributed by atoms with Crippen molar-refractivity contribution in [1.82, 2.24) is 10.2 Å². The van der Waals surface area contributed by atoms with Crippen LogP contribution in [-0.4, -0.2) is 47.4 Å². The largest absolute Gasteiger partial charge is 0.465 e. The van der Waals surface area contributed by atoms with Gasteiger partial charge in [0.15, 0.2) is 0 Å². The Labute approximate surface area is 107 Å². The Hall–Kier alpha value is -1.43. The van der Waals surface area contributed by atoms with Crippen LogP contribution in [0.5, 0.6) is 0 Å². The first-order valence-electron chi connectivity index (χ1n) is 6.17. The van der Waals surface area contributed by atoms with E-state index in [0.29, 0.717) is 6.61 Å². The standard InChI is InChI=1S/C12H20N2O4/c1-5-18-12(17)8(4)13-9-6-10(15)14(7(2)3)11(9)16/h7-9,13H,5-6H2,1-4H3. The van der Waals surface area contributed by atoms with Gasteiger partial charge in [0.1, 0.15) is 6.04 Å². The number of esters is 1. The van der Waals surface area contributed by atoms with Crippen LogP contribution in [0.2, 0.25) is 0 Å². The third-order valence-electron chi connectivity index (χ3n) is 2.79. The predicted molar refractivity (Wildman–Crippen MR) is 64.6 cm³/mol. The number of nitrogens with zero attached hydrogens (tertiary/aromatic N) is 1. The van der Waals surface area contributed by atoms with Crippen molar-refractivity contribution in [3.8, 4) is 0 Å². The first-order valence-corrected chi connectivity index (χ1v) is 6.17. The van der Waals surface area contributed by atoms with E-state index in [1.54, 1.807) is 27.7 Å². The Bertz CT molecular complexity index is 354. The van der Waals surface area contributed by atoms with E-state index in [-0.39, 0.29) is 24.3 Å². The predicted octanol–water partition coefficient (Wildman–Crippen LogP) is 0.0635. The first kappa shape index (κ1) is 14.6. The maximum absolute atomic E-state index is 12.0. The van der Waals surface area contributed by atoms with Gasteiger partial charge in [-0.3, -0.25) is 24.6 Å². The minimum Gasteiger partial charge on any atom is -0.465 e. The Kier molecular flexibility index (Phi) is 4.84. The highest BCUT2D eigenvalue weighted by Gasteiger charge is 2.40. The highest BCUT2D eigenvalue weighted by atomic mass is 16.5. The third kappa shape index (κ3) is 3.07. The Morgan fingerprint density at radius 2 is 2.06 bits per heavy atom. The zero-order chi connectivity index (χ0) is 13.9.